The van der Waals surface area contributed by atoms with Gasteiger partial charge in [0.2, 0.25) is 5.91 Å². The quantitative estimate of drug-likeness (QED) is 0.921. The van der Waals surface area contributed by atoms with Gasteiger partial charge < -0.3 is 5.32 Å². The van der Waals surface area contributed by atoms with Crippen LogP contribution >= 0.6 is 11.8 Å². The van der Waals surface area contributed by atoms with E-state index in [9.17, 15) is 17.6 Å². The second-order valence-corrected chi connectivity index (χ2v) is 8.16. The molecule has 0 aromatic heterocycles. The molecule has 1 unspecified atom stereocenters. The number of benzene rings is 1. The molecule has 0 spiro atoms. The van der Waals surface area contributed by atoms with Gasteiger partial charge in [0, 0.05) is 23.3 Å². The van der Waals surface area contributed by atoms with Gasteiger partial charge in [-0.1, -0.05) is 12.1 Å². The van der Waals surface area contributed by atoms with Crippen molar-refractivity contribution >= 4 is 27.5 Å². The molecule has 4 nitrogen and oxygen atoms in total. The molecule has 1 amide bonds. The molecule has 1 heterocycles. The molecule has 110 valence electrons. The monoisotopic (exact) mass is 317 g/mol. The van der Waals surface area contributed by atoms with Crippen molar-refractivity contribution in [2.24, 2.45) is 0 Å². The summed E-state index contributed by atoms with van der Waals surface area (Å²) in [5.41, 5.74) is 0.772. The van der Waals surface area contributed by atoms with Crippen LogP contribution < -0.4 is 5.32 Å². The molecule has 1 atom stereocenters. The standard InChI is InChI=1S/C13H16FNO3S2/c1-20(17,18)8-6-12(16)15-11-5-7-19-13-9(11)3-2-4-10(13)14/h2-4,11H,5-8H2,1H3,(H,15,16). The average molecular weight is 317 g/mol. The number of rotatable bonds is 4. The van der Waals surface area contributed by atoms with Gasteiger partial charge in [0.1, 0.15) is 15.7 Å². The van der Waals surface area contributed by atoms with Gasteiger partial charge in [-0.25, -0.2) is 12.8 Å². The Labute approximate surface area is 122 Å². The number of nitrogens with one attached hydrogen (secondary N) is 1. The first kappa shape index (κ1) is 15.3. The van der Waals surface area contributed by atoms with E-state index >= 15 is 0 Å². The molecule has 1 aromatic rings. The maximum Gasteiger partial charge on any atom is 0.221 e. The van der Waals surface area contributed by atoms with Crippen LogP contribution in [0.1, 0.15) is 24.4 Å². The fourth-order valence-electron chi connectivity index (χ4n) is 2.08. The Balaban J connectivity index is 2.05. The molecule has 0 aliphatic carbocycles. The van der Waals surface area contributed by atoms with Crippen LogP contribution in [0, 0.1) is 5.82 Å². The topological polar surface area (TPSA) is 63.2 Å². The number of carbonyl (C=O) groups is 1. The summed E-state index contributed by atoms with van der Waals surface area (Å²) in [6, 6.07) is 4.58. The van der Waals surface area contributed by atoms with Gasteiger partial charge in [-0.3, -0.25) is 4.79 Å². The lowest BCUT2D eigenvalue weighted by molar-refractivity contribution is -0.121. The molecule has 0 saturated heterocycles. The van der Waals surface area contributed by atoms with E-state index < -0.39 is 9.84 Å². The highest BCUT2D eigenvalue weighted by Crippen LogP contribution is 2.37. The second-order valence-electron chi connectivity index (χ2n) is 4.80. The van der Waals surface area contributed by atoms with Crippen molar-refractivity contribution in [3.63, 3.8) is 0 Å². The number of halogens is 1. The summed E-state index contributed by atoms with van der Waals surface area (Å²) in [4.78, 5) is 12.4. The van der Waals surface area contributed by atoms with Crippen molar-refractivity contribution in [1.29, 1.82) is 0 Å². The number of thioether (sulfide) groups is 1. The minimum absolute atomic E-state index is 0.0624. The van der Waals surface area contributed by atoms with Crippen molar-refractivity contribution in [3.05, 3.63) is 29.6 Å². The minimum Gasteiger partial charge on any atom is -0.349 e. The molecule has 1 N–H and O–H groups in total. The van der Waals surface area contributed by atoms with Crippen LogP contribution in [0.3, 0.4) is 0 Å². The zero-order valence-corrected chi connectivity index (χ0v) is 12.7. The van der Waals surface area contributed by atoms with E-state index in [1.165, 1.54) is 17.8 Å². The Morgan fingerprint density at radius 3 is 2.95 bits per heavy atom. The first-order valence-electron chi connectivity index (χ1n) is 6.25. The van der Waals surface area contributed by atoms with E-state index in [2.05, 4.69) is 5.32 Å². The Morgan fingerprint density at radius 1 is 1.50 bits per heavy atom. The summed E-state index contributed by atoms with van der Waals surface area (Å²) in [5, 5.41) is 2.79. The van der Waals surface area contributed by atoms with Crippen LogP contribution in [-0.2, 0) is 14.6 Å². The fourth-order valence-corrected chi connectivity index (χ4v) is 3.78. The van der Waals surface area contributed by atoms with E-state index in [-0.39, 0.29) is 29.9 Å². The van der Waals surface area contributed by atoms with E-state index in [4.69, 9.17) is 0 Å². The predicted octanol–water partition coefficient (Wildman–Crippen LogP) is 1.91. The van der Waals surface area contributed by atoms with Crippen molar-refractivity contribution in [2.45, 2.75) is 23.8 Å². The Bertz CT molecular complexity index is 616. The Morgan fingerprint density at radius 2 is 2.25 bits per heavy atom. The molecule has 0 bridgehead atoms. The summed E-state index contributed by atoms with van der Waals surface area (Å²) in [7, 11) is -3.15. The number of fused-ring (bicyclic) bond motifs is 1. The average Bonchev–Trinajstić information content (AvgIpc) is 2.37. The van der Waals surface area contributed by atoms with Gasteiger partial charge in [0.05, 0.1) is 11.8 Å². The smallest absolute Gasteiger partial charge is 0.221 e. The van der Waals surface area contributed by atoms with Crippen LogP contribution in [-0.4, -0.2) is 32.1 Å². The first-order chi connectivity index (χ1) is 9.37. The highest BCUT2D eigenvalue weighted by atomic mass is 32.2. The summed E-state index contributed by atoms with van der Waals surface area (Å²) in [5.74, 6) is -0.0357. The minimum atomic E-state index is -3.15. The van der Waals surface area contributed by atoms with Gasteiger partial charge in [-0.05, 0) is 18.1 Å². The van der Waals surface area contributed by atoms with Gasteiger partial charge in [-0.2, -0.15) is 0 Å². The molecular formula is C13H16FNO3S2. The van der Waals surface area contributed by atoms with Crippen molar-refractivity contribution in [2.75, 3.05) is 17.8 Å². The zero-order chi connectivity index (χ0) is 14.8. The number of sulfone groups is 1. The van der Waals surface area contributed by atoms with Crippen LogP contribution in [0.5, 0.6) is 0 Å². The zero-order valence-electron chi connectivity index (χ0n) is 11.1. The van der Waals surface area contributed by atoms with Crippen LogP contribution in [0.15, 0.2) is 23.1 Å². The number of carbonyl (C=O) groups excluding carboxylic acids is 1. The lowest BCUT2D eigenvalue weighted by Gasteiger charge is -2.26. The van der Waals surface area contributed by atoms with Gasteiger partial charge in [0.25, 0.3) is 0 Å². The number of amides is 1. The van der Waals surface area contributed by atoms with Crippen LogP contribution in [0.4, 0.5) is 4.39 Å². The van der Waals surface area contributed by atoms with Gasteiger partial charge >= 0.3 is 0 Å². The molecule has 0 radical (unpaired) electrons. The van der Waals surface area contributed by atoms with Crippen molar-refractivity contribution < 1.29 is 17.6 Å². The van der Waals surface area contributed by atoms with Crippen molar-refractivity contribution in [3.8, 4) is 0 Å². The van der Waals surface area contributed by atoms with Crippen LogP contribution in [0.25, 0.3) is 0 Å². The van der Waals surface area contributed by atoms with Gasteiger partial charge in [-0.15, -0.1) is 11.8 Å². The largest absolute Gasteiger partial charge is 0.349 e. The van der Waals surface area contributed by atoms with Crippen molar-refractivity contribution in [1.82, 2.24) is 5.32 Å². The molecule has 7 heteroatoms. The lowest BCUT2D eigenvalue weighted by Crippen LogP contribution is -2.31. The number of hydrogen-bond acceptors (Lipinski definition) is 4. The molecule has 0 saturated carbocycles. The molecule has 1 aromatic carbocycles. The highest BCUT2D eigenvalue weighted by Gasteiger charge is 2.24. The summed E-state index contributed by atoms with van der Waals surface area (Å²) < 4.78 is 35.7. The van der Waals surface area contributed by atoms with Crippen LogP contribution in [0.2, 0.25) is 0 Å². The SMILES string of the molecule is CS(=O)(=O)CCC(=O)NC1CCSc2c(F)cccc21. The third-order valence-corrected chi connectivity index (χ3v) is 5.17. The first-order valence-corrected chi connectivity index (χ1v) is 9.30. The molecule has 0 fully saturated rings. The predicted molar refractivity (Wildman–Crippen MR) is 77.0 cm³/mol. The Kier molecular flexibility index (Phi) is 4.70. The third-order valence-electron chi connectivity index (χ3n) is 3.06. The fraction of sp³-hybridized carbons (Fsp3) is 0.462. The van der Waals surface area contributed by atoms with Gasteiger partial charge in [0.15, 0.2) is 0 Å². The van der Waals surface area contributed by atoms with E-state index in [0.717, 1.165) is 17.6 Å². The van der Waals surface area contributed by atoms with E-state index in [1.807, 2.05) is 0 Å². The maximum atomic E-state index is 13.7. The molecule has 1 aliphatic rings. The van der Waals surface area contributed by atoms with E-state index in [0.29, 0.717) is 11.3 Å². The third kappa shape index (κ3) is 3.96. The normalized spacial score (nSPS) is 18.4. The summed E-state index contributed by atoms with van der Waals surface area (Å²) in [6.07, 6.45) is 1.75. The molecule has 20 heavy (non-hydrogen) atoms. The highest BCUT2D eigenvalue weighted by molar-refractivity contribution is 7.99. The second kappa shape index (κ2) is 6.13. The van der Waals surface area contributed by atoms with E-state index in [1.54, 1.807) is 12.1 Å². The summed E-state index contributed by atoms with van der Waals surface area (Å²) >= 11 is 1.44. The Hall–Kier alpha value is -1.08. The molecule has 2 rings (SSSR count). The molecule has 1 aliphatic heterocycles. The summed E-state index contributed by atoms with van der Waals surface area (Å²) in [6.45, 7) is 0. The molecular weight excluding hydrogens is 301 g/mol. The lowest BCUT2D eigenvalue weighted by atomic mass is 10.0. The maximum absolute atomic E-state index is 13.7. The number of hydrogen-bond donors (Lipinski definition) is 1.